The van der Waals surface area contributed by atoms with E-state index in [1.54, 1.807) is 0 Å². The third-order valence-corrected chi connectivity index (χ3v) is 2.23. The number of likely N-dealkylation sites (tertiary alicyclic amines) is 1. The second-order valence-corrected chi connectivity index (χ2v) is 3.14. The van der Waals surface area contributed by atoms with E-state index in [-0.39, 0.29) is 0 Å². The highest BCUT2D eigenvalue weighted by atomic mass is 15.1. The molecule has 3 nitrogen and oxygen atoms in total. The number of piperidine rings is 1. The van der Waals surface area contributed by atoms with Crippen LogP contribution in [-0.4, -0.2) is 31.1 Å². The lowest BCUT2D eigenvalue weighted by atomic mass is 9.98. The Kier molecular flexibility index (Phi) is 3.34. The lowest BCUT2D eigenvalue weighted by Crippen LogP contribution is -2.38. The summed E-state index contributed by atoms with van der Waals surface area (Å²) in [6.45, 7) is 3.42. The monoisotopic (exact) mass is 153 g/mol. The van der Waals surface area contributed by atoms with E-state index in [0.29, 0.717) is 12.5 Å². The summed E-state index contributed by atoms with van der Waals surface area (Å²) in [6.07, 6.45) is 2.43. The third-order valence-electron chi connectivity index (χ3n) is 2.23. The second kappa shape index (κ2) is 4.32. The molecule has 0 saturated carbocycles. The Bertz CT molecular complexity index is 150. The van der Waals surface area contributed by atoms with E-state index in [4.69, 9.17) is 11.0 Å². The minimum atomic E-state index is 0.566. The summed E-state index contributed by atoms with van der Waals surface area (Å²) in [5, 5.41) is 8.45. The zero-order valence-electron chi connectivity index (χ0n) is 6.79. The second-order valence-electron chi connectivity index (χ2n) is 3.14. The van der Waals surface area contributed by atoms with E-state index in [2.05, 4.69) is 11.0 Å². The van der Waals surface area contributed by atoms with Crippen LogP contribution in [-0.2, 0) is 0 Å². The van der Waals surface area contributed by atoms with Crippen LogP contribution in [0.1, 0.15) is 12.8 Å². The number of hydrogen-bond donors (Lipinski definition) is 1. The van der Waals surface area contributed by atoms with Crippen molar-refractivity contribution in [1.29, 1.82) is 5.26 Å². The van der Waals surface area contributed by atoms with Crippen LogP contribution in [0.4, 0.5) is 0 Å². The van der Waals surface area contributed by atoms with Gasteiger partial charge in [0.15, 0.2) is 0 Å². The Labute approximate surface area is 67.8 Å². The van der Waals surface area contributed by atoms with Crippen LogP contribution in [0.2, 0.25) is 0 Å². The lowest BCUT2D eigenvalue weighted by molar-refractivity contribution is 0.197. The SMILES string of the molecule is N#CCN1CCC[C@H](CN)C1. The molecule has 0 bridgehead atoms. The van der Waals surface area contributed by atoms with Gasteiger partial charge in [-0.3, -0.25) is 4.90 Å². The molecule has 1 atom stereocenters. The Morgan fingerprint density at radius 1 is 1.64 bits per heavy atom. The van der Waals surface area contributed by atoms with Crippen molar-refractivity contribution < 1.29 is 0 Å². The smallest absolute Gasteiger partial charge is 0.0866 e. The van der Waals surface area contributed by atoms with E-state index in [0.717, 1.165) is 19.6 Å². The average molecular weight is 153 g/mol. The predicted molar refractivity (Wildman–Crippen MR) is 43.8 cm³/mol. The molecule has 0 aliphatic carbocycles. The molecule has 0 spiro atoms. The van der Waals surface area contributed by atoms with Crippen molar-refractivity contribution in [1.82, 2.24) is 4.90 Å². The van der Waals surface area contributed by atoms with Gasteiger partial charge in [-0.25, -0.2) is 0 Å². The maximum atomic E-state index is 8.45. The van der Waals surface area contributed by atoms with Crippen molar-refractivity contribution in [3.05, 3.63) is 0 Å². The van der Waals surface area contributed by atoms with Crippen molar-refractivity contribution in [2.24, 2.45) is 11.7 Å². The molecule has 0 aromatic heterocycles. The number of hydrogen-bond acceptors (Lipinski definition) is 3. The summed E-state index contributed by atoms with van der Waals surface area (Å²) in [5.74, 6) is 0.622. The molecule has 1 aliphatic rings. The molecule has 0 amide bonds. The van der Waals surface area contributed by atoms with Gasteiger partial charge in [-0.05, 0) is 31.8 Å². The zero-order chi connectivity index (χ0) is 8.10. The molecule has 1 saturated heterocycles. The highest BCUT2D eigenvalue weighted by Crippen LogP contribution is 2.14. The fourth-order valence-corrected chi connectivity index (χ4v) is 1.59. The molecule has 0 aromatic rings. The summed E-state index contributed by atoms with van der Waals surface area (Å²) >= 11 is 0. The minimum absolute atomic E-state index is 0.566. The Morgan fingerprint density at radius 3 is 3.09 bits per heavy atom. The van der Waals surface area contributed by atoms with Crippen molar-refractivity contribution >= 4 is 0 Å². The molecular formula is C8H15N3. The fraction of sp³-hybridized carbons (Fsp3) is 0.875. The van der Waals surface area contributed by atoms with Crippen LogP contribution in [0.25, 0.3) is 0 Å². The van der Waals surface area contributed by atoms with Crippen LogP contribution in [0, 0.1) is 17.2 Å². The number of rotatable bonds is 2. The minimum Gasteiger partial charge on any atom is -0.330 e. The molecule has 1 heterocycles. The standard InChI is InChI=1S/C8H15N3/c9-3-5-11-4-1-2-8(6-10)7-11/h8H,1-2,4-7,10H2/t8-/m1/s1. The van der Waals surface area contributed by atoms with Crippen molar-refractivity contribution in [3.63, 3.8) is 0 Å². The first-order valence-corrected chi connectivity index (χ1v) is 4.16. The summed E-state index contributed by atoms with van der Waals surface area (Å²) in [6, 6.07) is 2.17. The van der Waals surface area contributed by atoms with Crippen LogP contribution in [0.3, 0.4) is 0 Å². The van der Waals surface area contributed by atoms with Crippen molar-refractivity contribution in [2.75, 3.05) is 26.2 Å². The van der Waals surface area contributed by atoms with Gasteiger partial charge in [0, 0.05) is 6.54 Å². The van der Waals surface area contributed by atoms with Gasteiger partial charge in [0.25, 0.3) is 0 Å². The van der Waals surface area contributed by atoms with Gasteiger partial charge in [-0.2, -0.15) is 5.26 Å². The highest BCUT2D eigenvalue weighted by Gasteiger charge is 2.17. The molecule has 11 heavy (non-hydrogen) atoms. The van der Waals surface area contributed by atoms with Crippen molar-refractivity contribution in [2.45, 2.75) is 12.8 Å². The van der Waals surface area contributed by atoms with E-state index in [9.17, 15) is 0 Å². The summed E-state index contributed by atoms with van der Waals surface area (Å²) in [4.78, 5) is 2.18. The average Bonchev–Trinajstić information content (AvgIpc) is 2.06. The zero-order valence-corrected chi connectivity index (χ0v) is 6.79. The normalized spacial score (nSPS) is 26.4. The maximum absolute atomic E-state index is 8.45. The number of nitrogens with zero attached hydrogens (tertiary/aromatic N) is 2. The molecule has 0 aromatic carbocycles. The maximum Gasteiger partial charge on any atom is 0.0866 e. The summed E-state index contributed by atoms with van der Waals surface area (Å²) < 4.78 is 0. The van der Waals surface area contributed by atoms with Gasteiger partial charge in [0.05, 0.1) is 12.6 Å². The van der Waals surface area contributed by atoms with Gasteiger partial charge in [0.2, 0.25) is 0 Å². The van der Waals surface area contributed by atoms with Crippen LogP contribution in [0.5, 0.6) is 0 Å². The van der Waals surface area contributed by atoms with Gasteiger partial charge in [-0.15, -0.1) is 0 Å². The Hall–Kier alpha value is -0.590. The fourth-order valence-electron chi connectivity index (χ4n) is 1.59. The number of nitrogens with two attached hydrogens (primary N) is 1. The Morgan fingerprint density at radius 2 is 2.45 bits per heavy atom. The van der Waals surface area contributed by atoms with Gasteiger partial charge in [-0.1, -0.05) is 0 Å². The molecule has 0 radical (unpaired) electrons. The quantitative estimate of drug-likeness (QED) is 0.576. The molecule has 0 unspecified atom stereocenters. The van der Waals surface area contributed by atoms with Gasteiger partial charge >= 0.3 is 0 Å². The summed E-state index contributed by atoms with van der Waals surface area (Å²) in [5.41, 5.74) is 5.55. The Balaban J connectivity index is 2.28. The first-order valence-electron chi connectivity index (χ1n) is 4.16. The van der Waals surface area contributed by atoms with Gasteiger partial charge in [0.1, 0.15) is 0 Å². The van der Waals surface area contributed by atoms with E-state index in [1.807, 2.05) is 0 Å². The van der Waals surface area contributed by atoms with E-state index in [1.165, 1.54) is 12.8 Å². The molecule has 3 heteroatoms. The number of nitriles is 1. The van der Waals surface area contributed by atoms with Gasteiger partial charge < -0.3 is 5.73 Å². The molecule has 1 aliphatic heterocycles. The van der Waals surface area contributed by atoms with Crippen molar-refractivity contribution in [3.8, 4) is 6.07 Å². The molecular weight excluding hydrogens is 138 g/mol. The first-order chi connectivity index (χ1) is 5.36. The van der Waals surface area contributed by atoms with Crippen LogP contribution in [0.15, 0.2) is 0 Å². The predicted octanol–water partition coefficient (Wildman–Crippen LogP) is 0.181. The molecule has 1 fully saturated rings. The topological polar surface area (TPSA) is 53.0 Å². The highest BCUT2D eigenvalue weighted by molar-refractivity contribution is 4.81. The molecule has 62 valence electrons. The third kappa shape index (κ3) is 2.49. The lowest BCUT2D eigenvalue weighted by Gasteiger charge is -2.29. The molecule has 2 N–H and O–H groups in total. The van der Waals surface area contributed by atoms with Crippen LogP contribution >= 0.6 is 0 Å². The van der Waals surface area contributed by atoms with E-state index >= 15 is 0 Å². The van der Waals surface area contributed by atoms with E-state index < -0.39 is 0 Å². The first kappa shape index (κ1) is 8.51. The van der Waals surface area contributed by atoms with Crippen LogP contribution < -0.4 is 5.73 Å². The largest absolute Gasteiger partial charge is 0.330 e. The molecule has 1 rings (SSSR count). The summed E-state index contributed by atoms with van der Waals surface area (Å²) in [7, 11) is 0.